The maximum absolute atomic E-state index is 10.8. The Hall–Kier alpha value is -1.58. The molecule has 1 aromatic heterocycles. The largest absolute Gasteiger partial charge is 0.481 e. The van der Waals surface area contributed by atoms with Crippen LogP contribution in [0.3, 0.4) is 0 Å². The van der Waals surface area contributed by atoms with E-state index in [4.69, 9.17) is 4.74 Å². The number of ketones is 1. The Morgan fingerprint density at radius 2 is 2.21 bits per heavy atom. The molecular formula is C10H14N2O2. The quantitative estimate of drug-likeness (QED) is 0.682. The molecule has 4 heteroatoms. The van der Waals surface area contributed by atoms with Crippen molar-refractivity contribution in [2.45, 2.75) is 13.8 Å². The summed E-state index contributed by atoms with van der Waals surface area (Å²) >= 11 is 0. The average Bonchev–Trinajstić information content (AvgIpc) is 2.36. The lowest BCUT2D eigenvalue weighted by Crippen LogP contribution is -1.95. The standard InChI is InChI=1S/C10H14N2O2/c1-7(13)5-6-9-8(2)11-12(3)10(9)14-4/h5-6H,1-4H3/b6-5+. The minimum Gasteiger partial charge on any atom is -0.481 e. The van der Waals surface area contributed by atoms with Gasteiger partial charge in [-0.3, -0.25) is 4.79 Å². The van der Waals surface area contributed by atoms with Crippen LogP contribution in [0.15, 0.2) is 6.08 Å². The third kappa shape index (κ3) is 2.02. The van der Waals surface area contributed by atoms with E-state index in [1.54, 1.807) is 24.9 Å². The number of rotatable bonds is 3. The second kappa shape index (κ2) is 4.09. The fraction of sp³-hybridized carbons (Fsp3) is 0.400. The van der Waals surface area contributed by atoms with Crippen molar-refractivity contribution in [3.8, 4) is 5.88 Å². The van der Waals surface area contributed by atoms with E-state index in [0.29, 0.717) is 5.88 Å². The zero-order valence-electron chi connectivity index (χ0n) is 8.87. The molecule has 0 aliphatic heterocycles. The molecule has 0 aliphatic carbocycles. The number of nitrogens with zero attached hydrogens (tertiary/aromatic N) is 2. The predicted octanol–water partition coefficient (Wildman–Crippen LogP) is 1.34. The summed E-state index contributed by atoms with van der Waals surface area (Å²) in [5, 5.41) is 4.19. The first-order valence-corrected chi connectivity index (χ1v) is 4.32. The van der Waals surface area contributed by atoms with E-state index < -0.39 is 0 Å². The lowest BCUT2D eigenvalue weighted by molar-refractivity contribution is -0.112. The number of carbonyl (C=O) groups is 1. The summed E-state index contributed by atoms with van der Waals surface area (Å²) in [5.41, 5.74) is 1.70. The van der Waals surface area contributed by atoms with Crippen LogP contribution < -0.4 is 4.74 Å². The molecule has 0 bridgehead atoms. The molecule has 1 heterocycles. The van der Waals surface area contributed by atoms with Crippen LogP contribution in [0.1, 0.15) is 18.2 Å². The SMILES string of the molecule is COc1c(/C=C/C(C)=O)c(C)nn1C. The topological polar surface area (TPSA) is 44.1 Å². The van der Waals surface area contributed by atoms with Gasteiger partial charge in [0.25, 0.3) is 0 Å². The molecule has 0 N–H and O–H groups in total. The Balaban J connectivity index is 3.12. The lowest BCUT2D eigenvalue weighted by atomic mass is 10.2. The van der Waals surface area contributed by atoms with Crippen molar-refractivity contribution in [1.29, 1.82) is 0 Å². The van der Waals surface area contributed by atoms with Crippen LogP contribution in [0.2, 0.25) is 0 Å². The number of allylic oxidation sites excluding steroid dienone is 1. The number of carbonyl (C=O) groups excluding carboxylic acids is 1. The highest BCUT2D eigenvalue weighted by Gasteiger charge is 2.10. The summed E-state index contributed by atoms with van der Waals surface area (Å²) in [7, 11) is 3.39. The van der Waals surface area contributed by atoms with Crippen LogP contribution in [0.25, 0.3) is 6.08 Å². The van der Waals surface area contributed by atoms with Crippen molar-refractivity contribution in [3.05, 3.63) is 17.3 Å². The first-order chi connectivity index (χ1) is 6.56. The molecule has 0 fully saturated rings. The molecule has 0 saturated heterocycles. The van der Waals surface area contributed by atoms with Gasteiger partial charge in [-0.1, -0.05) is 0 Å². The van der Waals surface area contributed by atoms with E-state index in [1.165, 1.54) is 13.0 Å². The average molecular weight is 194 g/mol. The first kappa shape index (κ1) is 10.5. The zero-order valence-corrected chi connectivity index (χ0v) is 8.87. The normalized spacial score (nSPS) is 10.9. The molecule has 1 aromatic rings. The number of methoxy groups -OCH3 is 1. The van der Waals surface area contributed by atoms with E-state index in [-0.39, 0.29) is 5.78 Å². The van der Waals surface area contributed by atoms with Crippen LogP contribution in [-0.2, 0) is 11.8 Å². The highest BCUT2D eigenvalue weighted by Crippen LogP contribution is 2.22. The summed E-state index contributed by atoms with van der Waals surface area (Å²) in [6.45, 7) is 3.39. The molecule has 14 heavy (non-hydrogen) atoms. The molecule has 0 atom stereocenters. The van der Waals surface area contributed by atoms with Crippen molar-refractivity contribution >= 4 is 11.9 Å². The molecule has 1 rings (SSSR count). The molecule has 0 spiro atoms. The van der Waals surface area contributed by atoms with Crippen LogP contribution in [0, 0.1) is 6.92 Å². The summed E-state index contributed by atoms with van der Waals surface area (Å²) in [6.07, 6.45) is 3.23. The van der Waals surface area contributed by atoms with Gasteiger partial charge in [-0.2, -0.15) is 5.10 Å². The van der Waals surface area contributed by atoms with Crippen LogP contribution in [0.5, 0.6) is 5.88 Å². The van der Waals surface area contributed by atoms with Gasteiger partial charge in [0.2, 0.25) is 5.88 Å². The maximum atomic E-state index is 10.8. The Morgan fingerprint density at radius 1 is 1.57 bits per heavy atom. The van der Waals surface area contributed by atoms with Gasteiger partial charge < -0.3 is 4.74 Å². The number of aromatic nitrogens is 2. The van der Waals surface area contributed by atoms with Crippen molar-refractivity contribution < 1.29 is 9.53 Å². The zero-order chi connectivity index (χ0) is 10.7. The number of aryl methyl sites for hydroxylation is 2. The summed E-state index contributed by atoms with van der Waals surface area (Å²) < 4.78 is 6.82. The highest BCUT2D eigenvalue weighted by molar-refractivity contribution is 5.92. The Morgan fingerprint density at radius 3 is 2.71 bits per heavy atom. The van der Waals surface area contributed by atoms with E-state index in [1.807, 2.05) is 6.92 Å². The number of hydrogen-bond donors (Lipinski definition) is 0. The Labute approximate surface area is 83.2 Å². The highest BCUT2D eigenvalue weighted by atomic mass is 16.5. The maximum Gasteiger partial charge on any atom is 0.218 e. The van der Waals surface area contributed by atoms with Gasteiger partial charge in [0, 0.05) is 7.05 Å². The van der Waals surface area contributed by atoms with Crippen LogP contribution >= 0.6 is 0 Å². The van der Waals surface area contributed by atoms with Gasteiger partial charge in [0.15, 0.2) is 5.78 Å². The van der Waals surface area contributed by atoms with Gasteiger partial charge in [-0.15, -0.1) is 0 Å². The molecule has 0 aromatic carbocycles. The molecular weight excluding hydrogens is 180 g/mol. The van der Waals surface area contributed by atoms with Gasteiger partial charge in [-0.25, -0.2) is 4.68 Å². The predicted molar refractivity (Wildman–Crippen MR) is 54.2 cm³/mol. The third-order valence-electron chi connectivity index (χ3n) is 1.89. The fourth-order valence-electron chi connectivity index (χ4n) is 1.29. The molecule has 0 saturated carbocycles. The van der Waals surface area contributed by atoms with Gasteiger partial charge in [0.1, 0.15) is 0 Å². The van der Waals surface area contributed by atoms with E-state index in [0.717, 1.165) is 11.3 Å². The Bertz CT molecular complexity index is 378. The Kier molecular flexibility index (Phi) is 3.06. The van der Waals surface area contributed by atoms with Gasteiger partial charge >= 0.3 is 0 Å². The summed E-state index contributed by atoms with van der Waals surface area (Å²) in [5.74, 6) is 0.676. The van der Waals surface area contributed by atoms with Crippen molar-refractivity contribution in [1.82, 2.24) is 9.78 Å². The summed E-state index contributed by atoms with van der Waals surface area (Å²) in [6, 6.07) is 0. The lowest BCUT2D eigenvalue weighted by Gasteiger charge is -2.00. The van der Waals surface area contributed by atoms with Crippen molar-refractivity contribution in [2.75, 3.05) is 7.11 Å². The molecule has 76 valence electrons. The van der Waals surface area contributed by atoms with E-state index in [2.05, 4.69) is 5.10 Å². The fourth-order valence-corrected chi connectivity index (χ4v) is 1.29. The minimum atomic E-state index is 0.00954. The van der Waals surface area contributed by atoms with Gasteiger partial charge in [0.05, 0.1) is 18.4 Å². The monoisotopic (exact) mass is 194 g/mol. The first-order valence-electron chi connectivity index (χ1n) is 4.32. The number of hydrogen-bond acceptors (Lipinski definition) is 3. The van der Waals surface area contributed by atoms with Gasteiger partial charge in [-0.05, 0) is 26.0 Å². The van der Waals surface area contributed by atoms with Crippen LogP contribution in [0.4, 0.5) is 0 Å². The molecule has 0 amide bonds. The second-order valence-electron chi connectivity index (χ2n) is 3.08. The van der Waals surface area contributed by atoms with Crippen LogP contribution in [-0.4, -0.2) is 22.7 Å². The molecule has 0 aliphatic rings. The molecule has 4 nitrogen and oxygen atoms in total. The van der Waals surface area contributed by atoms with E-state index in [9.17, 15) is 4.79 Å². The van der Waals surface area contributed by atoms with Crippen molar-refractivity contribution in [3.63, 3.8) is 0 Å². The molecule has 0 unspecified atom stereocenters. The second-order valence-corrected chi connectivity index (χ2v) is 3.08. The molecule has 0 radical (unpaired) electrons. The number of ether oxygens (including phenoxy) is 1. The minimum absolute atomic E-state index is 0.00954. The summed E-state index contributed by atoms with van der Waals surface area (Å²) in [4.78, 5) is 10.8. The van der Waals surface area contributed by atoms with Crippen molar-refractivity contribution in [2.24, 2.45) is 7.05 Å². The smallest absolute Gasteiger partial charge is 0.218 e. The van der Waals surface area contributed by atoms with E-state index >= 15 is 0 Å². The third-order valence-corrected chi connectivity index (χ3v) is 1.89.